The molecule has 0 aliphatic carbocycles. The SMILES string of the molecule is NC(Cc1ccncc1Cl)c1ccc(Br)cc1Br. The van der Waals surface area contributed by atoms with Gasteiger partial charge in [-0.2, -0.15) is 0 Å². The molecule has 18 heavy (non-hydrogen) atoms. The molecule has 1 atom stereocenters. The zero-order valence-electron chi connectivity index (χ0n) is 9.41. The first-order chi connectivity index (χ1) is 8.58. The van der Waals surface area contributed by atoms with Crippen molar-refractivity contribution in [2.24, 2.45) is 5.73 Å². The molecule has 2 rings (SSSR count). The predicted octanol–water partition coefficient (Wildman–Crippen LogP) is 4.50. The van der Waals surface area contributed by atoms with Gasteiger partial charge >= 0.3 is 0 Å². The quantitative estimate of drug-likeness (QED) is 0.838. The third-order valence-corrected chi connectivity index (χ3v) is 4.18. The largest absolute Gasteiger partial charge is 0.324 e. The molecular formula is C13H11Br2ClN2. The van der Waals surface area contributed by atoms with E-state index in [4.69, 9.17) is 17.3 Å². The Morgan fingerprint density at radius 1 is 1.28 bits per heavy atom. The van der Waals surface area contributed by atoms with Crippen LogP contribution in [0.5, 0.6) is 0 Å². The van der Waals surface area contributed by atoms with Gasteiger partial charge in [-0.25, -0.2) is 0 Å². The van der Waals surface area contributed by atoms with E-state index < -0.39 is 0 Å². The number of aromatic nitrogens is 1. The molecule has 1 aromatic carbocycles. The summed E-state index contributed by atoms with van der Waals surface area (Å²) in [5.74, 6) is 0. The van der Waals surface area contributed by atoms with Gasteiger partial charge in [-0.05, 0) is 35.7 Å². The molecule has 1 heterocycles. The maximum atomic E-state index is 6.22. The highest BCUT2D eigenvalue weighted by Crippen LogP contribution is 2.28. The summed E-state index contributed by atoms with van der Waals surface area (Å²) in [6.45, 7) is 0. The van der Waals surface area contributed by atoms with Crippen molar-refractivity contribution >= 4 is 43.5 Å². The number of hydrogen-bond donors (Lipinski definition) is 1. The molecule has 0 fully saturated rings. The van der Waals surface area contributed by atoms with E-state index in [2.05, 4.69) is 36.8 Å². The molecule has 0 radical (unpaired) electrons. The Morgan fingerprint density at radius 2 is 2.06 bits per heavy atom. The monoisotopic (exact) mass is 388 g/mol. The number of pyridine rings is 1. The minimum atomic E-state index is -0.104. The Hall–Kier alpha value is -0.420. The van der Waals surface area contributed by atoms with Crippen molar-refractivity contribution in [3.63, 3.8) is 0 Å². The van der Waals surface area contributed by atoms with E-state index in [1.54, 1.807) is 12.4 Å². The highest BCUT2D eigenvalue weighted by molar-refractivity contribution is 9.11. The van der Waals surface area contributed by atoms with Gasteiger partial charge in [0.2, 0.25) is 0 Å². The van der Waals surface area contributed by atoms with Crippen LogP contribution in [-0.4, -0.2) is 4.98 Å². The Morgan fingerprint density at radius 3 is 2.72 bits per heavy atom. The standard InChI is InChI=1S/C13H11Br2ClN2/c14-9-1-2-10(11(15)6-9)13(17)5-8-3-4-18-7-12(8)16/h1-4,6-7,13H,5,17H2. The molecule has 0 bridgehead atoms. The Balaban J connectivity index is 2.22. The minimum absolute atomic E-state index is 0.104. The van der Waals surface area contributed by atoms with Crippen molar-refractivity contribution < 1.29 is 0 Å². The van der Waals surface area contributed by atoms with E-state index in [1.165, 1.54) is 0 Å². The van der Waals surface area contributed by atoms with E-state index in [0.717, 1.165) is 20.1 Å². The van der Waals surface area contributed by atoms with Crippen LogP contribution in [-0.2, 0) is 6.42 Å². The van der Waals surface area contributed by atoms with E-state index >= 15 is 0 Å². The molecule has 2 nitrogen and oxygen atoms in total. The molecule has 1 aromatic heterocycles. The summed E-state index contributed by atoms with van der Waals surface area (Å²) in [7, 11) is 0. The van der Waals surface area contributed by atoms with Crippen LogP contribution >= 0.6 is 43.5 Å². The lowest BCUT2D eigenvalue weighted by Crippen LogP contribution is -2.14. The van der Waals surface area contributed by atoms with Crippen molar-refractivity contribution in [2.75, 3.05) is 0 Å². The molecular weight excluding hydrogens is 379 g/mol. The average molecular weight is 391 g/mol. The van der Waals surface area contributed by atoms with Crippen molar-refractivity contribution in [3.05, 3.63) is 61.8 Å². The molecule has 0 aliphatic rings. The Bertz CT molecular complexity index is 560. The molecule has 94 valence electrons. The molecule has 0 saturated carbocycles. The van der Waals surface area contributed by atoms with Crippen molar-refractivity contribution in [1.82, 2.24) is 4.98 Å². The number of halogens is 3. The van der Waals surface area contributed by atoms with Gasteiger partial charge in [0, 0.05) is 27.4 Å². The van der Waals surface area contributed by atoms with Crippen molar-refractivity contribution in [3.8, 4) is 0 Å². The summed E-state index contributed by atoms with van der Waals surface area (Å²) in [6, 6.07) is 7.77. The number of nitrogens with two attached hydrogens (primary N) is 1. The van der Waals surface area contributed by atoms with Gasteiger partial charge in [-0.15, -0.1) is 0 Å². The highest BCUT2D eigenvalue weighted by Gasteiger charge is 2.12. The maximum absolute atomic E-state index is 6.22. The first kappa shape index (κ1) is 14.0. The van der Waals surface area contributed by atoms with Crippen LogP contribution in [0.15, 0.2) is 45.6 Å². The lowest BCUT2D eigenvalue weighted by molar-refractivity contribution is 0.717. The van der Waals surface area contributed by atoms with Gasteiger partial charge in [0.1, 0.15) is 0 Å². The smallest absolute Gasteiger partial charge is 0.0622 e. The third kappa shape index (κ3) is 3.32. The fraction of sp³-hybridized carbons (Fsp3) is 0.154. The fourth-order valence-electron chi connectivity index (χ4n) is 1.72. The van der Waals surface area contributed by atoms with E-state index in [9.17, 15) is 0 Å². The van der Waals surface area contributed by atoms with Crippen molar-refractivity contribution in [1.29, 1.82) is 0 Å². The van der Waals surface area contributed by atoms with Crippen LogP contribution in [0.3, 0.4) is 0 Å². The van der Waals surface area contributed by atoms with Gasteiger partial charge < -0.3 is 5.73 Å². The van der Waals surface area contributed by atoms with Crippen LogP contribution in [0.4, 0.5) is 0 Å². The molecule has 1 unspecified atom stereocenters. The summed E-state index contributed by atoms with van der Waals surface area (Å²) >= 11 is 13.0. The van der Waals surface area contributed by atoms with E-state index in [1.807, 2.05) is 24.3 Å². The first-order valence-electron chi connectivity index (χ1n) is 5.37. The van der Waals surface area contributed by atoms with Crippen LogP contribution < -0.4 is 5.73 Å². The Kier molecular flexibility index (Phi) is 4.78. The molecule has 0 amide bonds. The zero-order valence-corrected chi connectivity index (χ0v) is 13.3. The molecule has 0 saturated heterocycles. The fourth-order valence-corrected chi connectivity index (χ4v) is 3.26. The van der Waals surface area contributed by atoms with Gasteiger partial charge in [0.25, 0.3) is 0 Å². The first-order valence-corrected chi connectivity index (χ1v) is 7.33. The molecule has 2 N–H and O–H groups in total. The lowest BCUT2D eigenvalue weighted by Gasteiger charge is -2.15. The zero-order chi connectivity index (χ0) is 13.1. The highest BCUT2D eigenvalue weighted by atomic mass is 79.9. The van der Waals surface area contributed by atoms with Gasteiger partial charge in [-0.1, -0.05) is 49.5 Å². The van der Waals surface area contributed by atoms with Crippen LogP contribution in [0.25, 0.3) is 0 Å². The minimum Gasteiger partial charge on any atom is -0.324 e. The molecule has 5 heteroatoms. The molecule has 0 spiro atoms. The number of benzene rings is 1. The van der Waals surface area contributed by atoms with Crippen LogP contribution in [0.1, 0.15) is 17.2 Å². The second-order valence-corrected chi connectivity index (χ2v) is 6.12. The second kappa shape index (κ2) is 6.15. The summed E-state index contributed by atoms with van der Waals surface area (Å²) < 4.78 is 2.02. The van der Waals surface area contributed by atoms with Gasteiger partial charge in [-0.3, -0.25) is 4.98 Å². The average Bonchev–Trinajstić information content (AvgIpc) is 2.32. The normalized spacial score (nSPS) is 12.4. The summed E-state index contributed by atoms with van der Waals surface area (Å²) in [4.78, 5) is 3.97. The van der Waals surface area contributed by atoms with Crippen LogP contribution in [0.2, 0.25) is 5.02 Å². The van der Waals surface area contributed by atoms with Gasteiger partial charge in [0.05, 0.1) is 5.02 Å². The van der Waals surface area contributed by atoms with E-state index in [-0.39, 0.29) is 6.04 Å². The molecule has 2 aromatic rings. The number of hydrogen-bond acceptors (Lipinski definition) is 2. The van der Waals surface area contributed by atoms with Crippen LogP contribution in [0, 0.1) is 0 Å². The van der Waals surface area contributed by atoms with E-state index in [0.29, 0.717) is 11.4 Å². The second-order valence-electron chi connectivity index (χ2n) is 3.94. The van der Waals surface area contributed by atoms with Gasteiger partial charge in [0.15, 0.2) is 0 Å². The predicted molar refractivity (Wildman–Crippen MR) is 81.7 cm³/mol. The lowest BCUT2D eigenvalue weighted by atomic mass is 10.0. The number of nitrogens with zero attached hydrogens (tertiary/aromatic N) is 1. The number of rotatable bonds is 3. The maximum Gasteiger partial charge on any atom is 0.0622 e. The van der Waals surface area contributed by atoms with Crippen molar-refractivity contribution in [2.45, 2.75) is 12.5 Å². The molecule has 0 aliphatic heterocycles. The topological polar surface area (TPSA) is 38.9 Å². The third-order valence-electron chi connectivity index (χ3n) is 2.66. The summed E-state index contributed by atoms with van der Waals surface area (Å²) in [5, 5.41) is 0.654. The Labute approximate surface area is 128 Å². The summed E-state index contributed by atoms with van der Waals surface area (Å²) in [6.07, 6.45) is 4.05. The summed E-state index contributed by atoms with van der Waals surface area (Å²) in [5.41, 5.74) is 8.29.